The molecule has 0 aliphatic rings. The molecule has 1 aromatic carbocycles. The number of hydrogen-bond acceptors (Lipinski definition) is 3. The van der Waals surface area contributed by atoms with Crippen LogP contribution < -0.4 is 5.32 Å². The fourth-order valence-electron chi connectivity index (χ4n) is 1.60. The molecule has 4 nitrogen and oxygen atoms in total. The average molecular weight is 263 g/mol. The first kappa shape index (κ1) is 15.2. The van der Waals surface area contributed by atoms with Crippen LogP contribution in [-0.2, 0) is 20.7 Å². The summed E-state index contributed by atoms with van der Waals surface area (Å²) in [5, 5.41) is 2.57. The quantitative estimate of drug-likeness (QED) is 0.670. The molecule has 19 heavy (non-hydrogen) atoms. The van der Waals surface area contributed by atoms with Crippen LogP contribution >= 0.6 is 0 Å². The normalized spacial score (nSPS) is 10.9. The smallest absolute Gasteiger partial charge is 0.397 e. The minimum absolute atomic E-state index is 0.420. The Hall–Kier alpha value is -1.84. The molecular formula is C15H21NO3. The second-order valence-electron chi connectivity index (χ2n) is 5.43. The van der Waals surface area contributed by atoms with E-state index in [1.807, 2.05) is 31.2 Å². The number of nitrogens with one attached hydrogen (secondary N) is 1. The third-order valence-electron chi connectivity index (χ3n) is 2.53. The van der Waals surface area contributed by atoms with E-state index in [1.165, 1.54) is 5.56 Å². The van der Waals surface area contributed by atoms with Gasteiger partial charge >= 0.3 is 11.9 Å². The summed E-state index contributed by atoms with van der Waals surface area (Å²) in [6.07, 6.45) is 0.696. The first-order chi connectivity index (χ1) is 8.79. The zero-order chi connectivity index (χ0) is 14.5. The van der Waals surface area contributed by atoms with Crippen molar-refractivity contribution < 1.29 is 14.3 Å². The molecule has 0 radical (unpaired) electrons. The Kier molecular flexibility index (Phi) is 5.10. The molecule has 1 amide bonds. The molecule has 0 saturated carbocycles. The second kappa shape index (κ2) is 6.36. The van der Waals surface area contributed by atoms with Crippen LogP contribution in [0, 0.1) is 6.92 Å². The largest absolute Gasteiger partial charge is 0.453 e. The molecule has 0 bridgehead atoms. The fraction of sp³-hybridized carbons (Fsp3) is 0.467. The summed E-state index contributed by atoms with van der Waals surface area (Å²) in [4.78, 5) is 22.9. The van der Waals surface area contributed by atoms with E-state index in [9.17, 15) is 9.59 Å². The molecule has 0 aliphatic carbocycles. The van der Waals surface area contributed by atoms with Crippen molar-refractivity contribution >= 4 is 11.9 Å². The van der Waals surface area contributed by atoms with Gasteiger partial charge in [0.25, 0.3) is 0 Å². The molecular weight excluding hydrogens is 242 g/mol. The Morgan fingerprint density at radius 2 is 1.84 bits per heavy atom. The van der Waals surface area contributed by atoms with Gasteiger partial charge in [-0.1, -0.05) is 24.3 Å². The first-order valence-corrected chi connectivity index (χ1v) is 6.35. The predicted octanol–water partition coefficient (Wildman–Crippen LogP) is 2.00. The van der Waals surface area contributed by atoms with Crippen molar-refractivity contribution in [1.29, 1.82) is 0 Å². The van der Waals surface area contributed by atoms with Crippen LogP contribution in [0.15, 0.2) is 24.3 Å². The van der Waals surface area contributed by atoms with E-state index in [4.69, 9.17) is 4.74 Å². The van der Waals surface area contributed by atoms with Crippen molar-refractivity contribution in [1.82, 2.24) is 5.32 Å². The maximum atomic E-state index is 11.5. The molecule has 0 atom stereocenters. The molecule has 4 heteroatoms. The van der Waals surface area contributed by atoms with Crippen molar-refractivity contribution in [2.75, 3.05) is 6.54 Å². The van der Waals surface area contributed by atoms with Crippen LogP contribution in [0.5, 0.6) is 0 Å². The van der Waals surface area contributed by atoms with Gasteiger partial charge in [0.2, 0.25) is 0 Å². The highest BCUT2D eigenvalue weighted by molar-refractivity contribution is 6.32. The third-order valence-corrected chi connectivity index (χ3v) is 2.53. The molecule has 1 aromatic rings. The highest BCUT2D eigenvalue weighted by Gasteiger charge is 2.22. The van der Waals surface area contributed by atoms with E-state index < -0.39 is 17.5 Å². The minimum Gasteiger partial charge on any atom is -0.453 e. The number of aryl methyl sites for hydroxylation is 1. The van der Waals surface area contributed by atoms with E-state index in [0.717, 1.165) is 5.56 Å². The summed E-state index contributed by atoms with van der Waals surface area (Å²) in [6, 6.07) is 7.95. The minimum atomic E-state index is -0.836. The molecule has 0 heterocycles. The van der Waals surface area contributed by atoms with Gasteiger partial charge in [0.1, 0.15) is 5.60 Å². The first-order valence-electron chi connectivity index (χ1n) is 6.35. The molecule has 0 fully saturated rings. The summed E-state index contributed by atoms with van der Waals surface area (Å²) in [7, 11) is 0. The molecule has 0 spiro atoms. The second-order valence-corrected chi connectivity index (χ2v) is 5.43. The lowest BCUT2D eigenvalue weighted by molar-refractivity contribution is -0.163. The molecule has 0 aromatic heterocycles. The highest BCUT2D eigenvalue weighted by Crippen LogP contribution is 2.08. The molecule has 0 aliphatic heterocycles. The van der Waals surface area contributed by atoms with Crippen molar-refractivity contribution in [3.05, 3.63) is 35.4 Å². The van der Waals surface area contributed by atoms with Crippen LogP contribution in [0.4, 0.5) is 0 Å². The van der Waals surface area contributed by atoms with E-state index in [2.05, 4.69) is 5.32 Å². The van der Waals surface area contributed by atoms with Crippen molar-refractivity contribution in [2.24, 2.45) is 0 Å². The Labute approximate surface area is 114 Å². The number of rotatable bonds is 3. The van der Waals surface area contributed by atoms with Crippen LogP contribution in [0.3, 0.4) is 0 Å². The lowest BCUT2D eigenvalue weighted by atomic mass is 10.1. The Balaban J connectivity index is 2.39. The number of carbonyl (C=O) groups excluding carboxylic acids is 2. The zero-order valence-corrected chi connectivity index (χ0v) is 11.9. The van der Waals surface area contributed by atoms with E-state index >= 15 is 0 Å². The summed E-state index contributed by atoms with van der Waals surface area (Å²) >= 11 is 0. The number of benzene rings is 1. The third kappa shape index (κ3) is 5.55. The van der Waals surface area contributed by atoms with Crippen molar-refractivity contribution in [3.63, 3.8) is 0 Å². The van der Waals surface area contributed by atoms with Gasteiger partial charge in [-0.15, -0.1) is 0 Å². The van der Waals surface area contributed by atoms with Gasteiger partial charge in [0, 0.05) is 6.54 Å². The van der Waals surface area contributed by atoms with Gasteiger partial charge in [0.05, 0.1) is 0 Å². The topological polar surface area (TPSA) is 55.4 Å². The average Bonchev–Trinajstić information content (AvgIpc) is 2.29. The maximum absolute atomic E-state index is 11.5. The van der Waals surface area contributed by atoms with E-state index in [0.29, 0.717) is 13.0 Å². The molecule has 1 N–H and O–H groups in total. The summed E-state index contributed by atoms with van der Waals surface area (Å²) < 4.78 is 4.98. The zero-order valence-electron chi connectivity index (χ0n) is 11.9. The standard InChI is InChI=1S/C15H21NO3/c1-11-7-5-6-8-12(11)9-10-16-13(17)14(18)19-15(2,3)4/h5-8H,9-10H2,1-4H3,(H,16,17). The SMILES string of the molecule is Cc1ccccc1CCNC(=O)C(=O)OC(C)(C)C. The van der Waals surface area contributed by atoms with Crippen molar-refractivity contribution in [2.45, 2.75) is 39.7 Å². The lowest BCUT2D eigenvalue weighted by Gasteiger charge is -2.18. The Morgan fingerprint density at radius 1 is 1.21 bits per heavy atom. The van der Waals surface area contributed by atoms with E-state index in [1.54, 1.807) is 20.8 Å². The Bertz CT molecular complexity index is 461. The van der Waals surface area contributed by atoms with Gasteiger partial charge in [-0.3, -0.25) is 4.79 Å². The number of esters is 1. The lowest BCUT2D eigenvalue weighted by Crippen LogP contribution is -2.37. The van der Waals surface area contributed by atoms with Crippen LogP contribution in [0.25, 0.3) is 0 Å². The number of hydrogen-bond donors (Lipinski definition) is 1. The molecule has 1 rings (SSSR count). The van der Waals surface area contributed by atoms with Gasteiger partial charge in [-0.25, -0.2) is 4.79 Å². The van der Waals surface area contributed by atoms with Crippen LogP contribution in [0.2, 0.25) is 0 Å². The van der Waals surface area contributed by atoms with Gasteiger partial charge in [-0.05, 0) is 45.2 Å². The van der Waals surface area contributed by atoms with Crippen molar-refractivity contribution in [3.8, 4) is 0 Å². The summed E-state index contributed by atoms with van der Waals surface area (Å²) in [5.41, 5.74) is 1.69. The van der Waals surface area contributed by atoms with Gasteiger partial charge < -0.3 is 10.1 Å². The summed E-state index contributed by atoms with van der Waals surface area (Å²) in [5.74, 6) is -1.53. The van der Waals surface area contributed by atoms with Crippen LogP contribution in [0.1, 0.15) is 31.9 Å². The maximum Gasteiger partial charge on any atom is 0.397 e. The number of amides is 1. The van der Waals surface area contributed by atoms with E-state index in [-0.39, 0.29) is 0 Å². The molecule has 104 valence electrons. The predicted molar refractivity (Wildman–Crippen MR) is 73.7 cm³/mol. The Morgan fingerprint density at radius 3 is 2.42 bits per heavy atom. The number of carbonyl (C=O) groups is 2. The monoisotopic (exact) mass is 263 g/mol. The highest BCUT2D eigenvalue weighted by atomic mass is 16.6. The van der Waals surface area contributed by atoms with Gasteiger partial charge in [-0.2, -0.15) is 0 Å². The fourth-order valence-corrected chi connectivity index (χ4v) is 1.60. The molecule has 0 saturated heterocycles. The van der Waals surface area contributed by atoms with Crippen LogP contribution in [-0.4, -0.2) is 24.0 Å². The molecule has 0 unspecified atom stereocenters. The van der Waals surface area contributed by atoms with Gasteiger partial charge in [0.15, 0.2) is 0 Å². The summed E-state index contributed by atoms with van der Waals surface area (Å²) in [6.45, 7) is 7.62. The number of ether oxygens (including phenoxy) is 1.